The van der Waals surface area contributed by atoms with E-state index in [2.05, 4.69) is 28.3 Å². The first-order valence-corrected chi connectivity index (χ1v) is 6.98. The molecule has 0 saturated carbocycles. The van der Waals surface area contributed by atoms with E-state index in [4.69, 9.17) is 5.26 Å². The minimum Gasteiger partial charge on any atom is -0.292 e. The maximum absolute atomic E-state index is 8.98. The Morgan fingerprint density at radius 1 is 1.45 bits per heavy atom. The molecule has 0 unspecified atom stereocenters. The molecule has 1 aromatic carbocycles. The molecule has 0 N–H and O–H groups in total. The maximum atomic E-state index is 8.98. The number of benzene rings is 1. The number of likely N-dealkylation sites (tertiary alicyclic amines) is 1. The Kier molecular flexibility index (Phi) is 3.53. The Morgan fingerprint density at radius 3 is 3.10 bits per heavy atom. The van der Waals surface area contributed by atoms with Crippen LogP contribution in [0.2, 0.25) is 0 Å². The molecule has 0 radical (unpaired) electrons. The molecule has 1 aliphatic rings. The van der Waals surface area contributed by atoms with E-state index in [-0.39, 0.29) is 0 Å². The lowest BCUT2D eigenvalue weighted by molar-refractivity contribution is 0.248. The Balaban J connectivity index is 1.77. The minimum absolute atomic E-state index is 0.453. The first kappa shape index (κ1) is 12.9. The van der Waals surface area contributed by atoms with Gasteiger partial charge in [-0.2, -0.15) is 10.4 Å². The molecule has 1 aliphatic heterocycles. The number of aryl methyl sites for hydroxylation is 1. The van der Waals surface area contributed by atoms with Crippen molar-refractivity contribution >= 4 is 0 Å². The fourth-order valence-corrected chi connectivity index (χ4v) is 2.98. The summed E-state index contributed by atoms with van der Waals surface area (Å²) in [6, 6.07) is 10.6. The van der Waals surface area contributed by atoms with Gasteiger partial charge in [0, 0.05) is 31.4 Å². The van der Waals surface area contributed by atoms with E-state index in [9.17, 15) is 0 Å². The van der Waals surface area contributed by atoms with Gasteiger partial charge in [-0.25, -0.2) is 0 Å². The van der Waals surface area contributed by atoms with E-state index in [1.165, 1.54) is 24.0 Å². The van der Waals surface area contributed by atoms with Crippen LogP contribution in [0.3, 0.4) is 0 Å². The van der Waals surface area contributed by atoms with E-state index < -0.39 is 0 Å². The molecule has 20 heavy (non-hydrogen) atoms. The highest BCUT2D eigenvalue weighted by molar-refractivity contribution is 5.32. The summed E-state index contributed by atoms with van der Waals surface area (Å²) < 4.78 is 1.86. The smallest absolute Gasteiger partial charge is 0.0991 e. The number of nitriles is 1. The first-order valence-electron chi connectivity index (χ1n) is 6.98. The first-order chi connectivity index (χ1) is 9.76. The van der Waals surface area contributed by atoms with Crippen molar-refractivity contribution in [3.05, 3.63) is 53.3 Å². The molecule has 1 saturated heterocycles. The maximum Gasteiger partial charge on any atom is 0.0991 e. The predicted molar refractivity (Wildman–Crippen MR) is 76.8 cm³/mol. The predicted octanol–water partition coefficient (Wildman–Crippen LogP) is 2.63. The van der Waals surface area contributed by atoms with Crippen LogP contribution in [0.4, 0.5) is 0 Å². The van der Waals surface area contributed by atoms with Crippen molar-refractivity contribution in [1.82, 2.24) is 14.7 Å². The third-order valence-corrected chi connectivity index (χ3v) is 3.92. The molecular weight excluding hydrogens is 248 g/mol. The molecule has 4 nitrogen and oxygen atoms in total. The molecule has 1 fully saturated rings. The molecule has 3 rings (SSSR count). The monoisotopic (exact) mass is 266 g/mol. The van der Waals surface area contributed by atoms with Crippen molar-refractivity contribution in [2.24, 2.45) is 7.05 Å². The second-order valence-electron chi connectivity index (χ2n) is 5.39. The summed E-state index contributed by atoms with van der Waals surface area (Å²) in [6.07, 6.45) is 6.48. The number of rotatable bonds is 3. The summed E-state index contributed by atoms with van der Waals surface area (Å²) in [5.74, 6) is 0. The Hall–Kier alpha value is -2.12. The molecule has 0 spiro atoms. The fraction of sp³-hybridized carbons (Fsp3) is 0.375. The molecule has 1 atom stereocenters. The third kappa shape index (κ3) is 2.59. The van der Waals surface area contributed by atoms with E-state index in [1.54, 1.807) is 0 Å². The van der Waals surface area contributed by atoms with Crippen LogP contribution in [0.1, 0.15) is 35.6 Å². The fourth-order valence-electron chi connectivity index (χ4n) is 2.98. The molecule has 0 bridgehead atoms. The van der Waals surface area contributed by atoms with Gasteiger partial charge in [-0.15, -0.1) is 0 Å². The molecule has 2 heterocycles. The van der Waals surface area contributed by atoms with Crippen molar-refractivity contribution in [1.29, 1.82) is 5.26 Å². The minimum atomic E-state index is 0.453. The third-order valence-electron chi connectivity index (χ3n) is 3.92. The van der Waals surface area contributed by atoms with Crippen molar-refractivity contribution in [2.75, 3.05) is 6.54 Å². The molecule has 102 valence electrons. The highest BCUT2D eigenvalue weighted by Crippen LogP contribution is 2.32. The van der Waals surface area contributed by atoms with Crippen LogP contribution in [-0.2, 0) is 13.6 Å². The van der Waals surface area contributed by atoms with Gasteiger partial charge in [0.05, 0.1) is 17.8 Å². The molecule has 1 aromatic heterocycles. The van der Waals surface area contributed by atoms with E-state index >= 15 is 0 Å². The van der Waals surface area contributed by atoms with Crippen LogP contribution in [0.25, 0.3) is 0 Å². The van der Waals surface area contributed by atoms with E-state index in [0.29, 0.717) is 6.04 Å². The summed E-state index contributed by atoms with van der Waals surface area (Å²) in [5, 5.41) is 13.3. The average molecular weight is 266 g/mol. The number of hydrogen-bond acceptors (Lipinski definition) is 3. The largest absolute Gasteiger partial charge is 0.292 e. The molecule has 4 heteroatoms. The quantitative estimate of drug-likeness (QED) is 0.858. The zero-order valence-electron chi connectivity index (χ0n) is 11.7. The summed E-state index contributed by atoms with van der Waals surface area (Å²) in [6.45, 7) is 2.01. The van der Waals surface area contributed by atoms with Gasteiger partial charge in [0.15, 0.2) is 0 Å². The van der Waals surface area contributed by atoms with Crippen LogP contribution in [0, 0.1) is 11.3 Å². The second-order valence-corrected chi connectivity index (χ2v) is 5.39. The highest BCUT2D eigenvalue weighted by Gasteiger charge is 2.26. The lowest BCUT2D eigenvalue weighted by Crippen LogP contribution is -2.22. The summed E-state index contributed by atoms with van der Waals surface area (Å²) in [5.41, 5.74) is 3.24. The van der Waals surface area contributed by atoms with Crippen molar-refractivity contribution in [3.63, 3.8) is 0 Å². The van der Waals surface area contributed by atoms with E-state index in [1.807, 2.05) is 36.1 Å². The number of hydrogen-bond donors (Lipinski definition) is 0. The lowest BCUT2D eigenvalue weighted by Gasteiger charge is -2.23. The Bertz CT molecular complexity index is 638. The van der Waals surface area contributed by atoms with Crippen molar-refractivity contribution in [2.45, 2.75) is 25.4 Å². The topological polar surface area (TPSA) is 44.9 Å². The van der Waals surface area contributed by atoms with Gasteiger partial charge in [0.2, 0.25) is 0 Å². The zero-order chi connectivity index (χ0) is 13.9. The average Bonchev–Trinajstić information content (AvgIpc) is 3.08. The van der Waals surface area contributed by atoms with Gasteiger partial charge in [0.1, 0.15) is 0 Å². The van der Waals surface area contributed by atoms with E-state index in [0.717, 1.165) is 18.7 Å². The Labute approximate surface area is 119 Å². The van der Waals surface area contributed by atoms with Gasteiger partial charge < -0.3 is 0 Å². The van der Waals surface area contributed by atoms with Crippen LogP contribution >= 0.6 is 0 Å². The lowest BCUT2D eigenvalue weighted by atomic mass is 10.1. The summed E-state index contributed by atoms with van der Waals surface area (Å²) in [7, 11) is 1.96. The van der Waals surface area contributed by atoms with Crippen LogP contribution in [-0.4, -0.2) is 21.2 Å². The van der Waals surface area contributed by atoms with Gasteiger partial charge in [-0.1, -0.05) is 12.1 Å². The van der Waals surface area contributed by atoms with Crippen LogP contribution in [0.15, 0.2) is 36.7 Å². The van der Waals surface area contributed by atoms with Crippen molar-refractivity contribution < 1.29 is 0 Å². The van der Waals surface area contributed by atoms with Gasteiger partial charge in [0.25, 0.3) is 0 Å². The normalized spacial score (nSPS) is 19.1. The van der Waals surface area contributed by atoms with Gasteiger partial charge >= 0.3 is 0 Å². The number of nitrogens with zero attached hydrogens (tertiary/aromatic N) is 4. The number of aromatic nitrogens is 2. The SMILES string of the molecule is Cn1cc([C@@H]2CCCN2Cc2cccc(C#N)c2)cn1. The molecule has 0 aliphatic carbocycles. The summed E-state index contributed by atoms with van der Waals surface area (Å²) >= 11 is 0. The zero-order valence-corrected chi connectivity index (χ0v) is 11.7. The van der Waals surface area contributed by atoms with Gasteiger partial charge in [-0.05, 0) is 37.1 Å². The molecule has 0 amide bonds. The molecular formula is C16H18N4. The van der Waals surface area contributed by atoms with Crippen LogP contribution in [0.5, 0.6) is 0 Å². The Morgan fingerprint density at radius 2 is 2.35 bits per heavy atom. The summed E-state index contributed by atoms with van der Waals surface area (Å²) in [4.78, 5) is 2.48. The standard InChI is InChI=1S/C16H18N4/c1-19-12-15(10-18-19)16-6-3-7-20(16)11-14-5-2-4-13(8-14)9-17/h2,4-5,8,10,12,16H,3,6-7,11H2,1H3/t16-/m0/s1. The van der Waals surface area contributed by atoms with Crippen LogP contribution < -0.4 is 0 Å². The highest BCUT2D eigenvalue weighted by atomic mass is 15.3. The molecule has 2 aromatic rings. The van der Waals surface area contributed by atoms with Gasteiger partial charge in [-0.3, -0.25) is 9.58 Å². The second kappa shape index (κ2) is 5.48. The van der Waals surface area contributed by atoms with Crippen molar-refractivity contribution in [3.8, 4) is 6.07 Å².